The first-order valence-corrected chi connectivity index (χ1v) is 19.6. The zero-order chi connectivity index (χ0) is 33.3. The molecule has 0 unspecified atom stereocenters. The monoisotopic (exact) mass is 639 g/mol. The van der Waals surface area contributed by atoms with Gasteiger partial charge in [-0.2, -0.15) is 0 Å². The lowest BCUT2D eigenvalue weighted by molar-refractivity contribution is -0.331. The third-order valence-electron chi connectivity index (χ3n) is 8.69. The van der Waals surface area contributed by atoms with Crippen LogP contribution in [0.15, 0.2) is 0 Å². The first-order chi connectivity index (χ1) is 21.9. The van der Waals surface area contributed by atoms with E-state index in [0.717, 1.165) is 38.5 Å². The van der Waals surface area contributed by atoms with E-state index in [4.69, 9.17) is 14.2 Å². The average Bonchev–Trinajstić information content (AvgIpc) is 3.02. The Morgan fingerprint density at radius 1 is 0.333 bits per heavy atom. The van der Waals surface area contributed by atoms with Crippen LogP contribution in [0.2, 0.25) is 0 Å². The molecule has 0 saturated carbocycles. The standard InChI is InChI=1S/C39H74O6/c1-5-9-12-15-18-21-24-27-30-33-36(40)43-39(8-4,44-37(41)34-31-28-25-22-19-16-13-10-6-2)45-38(42)35-32-29-26-23-20-17-14-11-7-3/h5-35H2,1-4H3. The Kier molecular flexibility index (Phi) is 31.2. The molecule has 0 aromatic rings. The molecule has 6 nitrogen and oxygen atoms in total. The fourth-order valence-electron chi connectivity index (χ4n) is 5.69. The summed E-state index contributed by atoms with van der Waals surface area (Å²) in [5, 5.41) is 0. The maximum absolute atomic E-state index is 12.8. The van der Waals surface area contributed by atoms with E-state index in [1.165, 1.54) is 116 Å². The Hall–Kier alpha value is -1.59. The summed E-state index contributed by atoms with van der Waals surface area (Å²) >= 11 is 0. The van der Waals surface area contributed by atoms with Gasteiger partial charge in [-0.05, 0) is 19.3 Å². The number of carbonyl (C=O) groups is 3. The van der Waals surface area contributed by atoms with E-state index in [1.807, 2.05) is 0 Å². The molecule has 0 aliphatic carbocycles. The third-order valence-corrected chi connectivity index (χ3v) is 8.69. The highest BCUT2D eigenvalue weighted by molar-refractivity contribution is 5.74. The van der Waals surface area contributed by atoms with Crippen molar-refractivity contribution in [3.8, 4) is 0 Å². The average molecular weight is 639 g/mol. The van der Waals surface area contributed by atoms with Gasteiger partial charge in [0.2, 0.25) is 0 Å². The smallest absolute Gasteiger partial charge is 0.388 e. The predicted octanol–water partition coefficient (Wildman–Crippen LogP) is 12.4. The van der Waals surface area contributed by atoms with Crippen molar-refractivity contribution in [2.75, 3.05) is 0 Å². The molecule has 0 amide bonds. The Balaban J connectivity index is 4.72. The van der Waals surface area contributed by atoms with Gasteiger partial charge in [-0.3, -0.25) is 14.4 Å². The van der Waals surface area contributed by atoms with Crippen molar-refractivity contribution in [1.29, 1.82) is 0 Å². The van der Waals surface area contributed by atoms with Gasteiger partial charge in [0.05, 0.1) is 6.42 Å². The molecule has 0 radical (unpaired) electrons. The fourth-order valence-corrected chi connectivity index (χ4v) is 5.69. The highest BCUT2D eigenvalue weighted by Gasteiger charge is 2.41. The lowest BCUT2D eigenvalue weighted by atomic mass is 10.1. The zero-order valence-corrected chi connectivity index (χ0v) is 30.4. The summed E-state index contributed by atoms with van der Waals surface area (Å²) in [6, 6.07) is 0. The molecule has 0 aromatic carbocycles. The lowest BCUT2D eigenvalue weighted by Gasteiger charge is -2.30. The van der Waals surface area contributed by atoms with Gasteiger partial charge >= 0.3 is 23.9 Å². The highest BCUT2D eigenvalue weighted by Crippen LogP contribution is 2.25. The molecule has 0 heterocycles. The Morgan fingerprint density at radius 2 is 0.533 bits per heavy atom. The minimum Gasteiger partial charge on any atom is -0.388 e. The van der Waals surface area contributed by atoms with E-state index >= 15 is 0 Å². The van der Waals surface area contributed by atoms with Crippen LogP contribution in [-0.4, -0.2) is 23.9 Å². The quantitative estimate of drug-likeness (QED) is 0.0396. The van der Waals surface area contributed by atoms with Crippen LogP contribution in [0.5, 0.6) is 0 Å². The number of hydrogen-bond acceptors (Lipinski definition) is 6. The molecular weight excluding hydrogens is 564 g/mol. The van der Waals surface area contributed by atoms with Crippen molar-refractivity contribution < 1.29 is 28.6 Å². The van der Waals surface area contributed by atoms with Crippen molar-refractivity contribution in [1.82, 2.24) is 0 Å². The van der Waals surface area contributed by atoms with Crippen LogP contribution in [-0.2, 0) is 28.6 Å². The molecule has 0 aromatic heterocycles. The van der Waals surface area contributed by atoms with E-state index in [1.54, 1.807) is 6.92 Å². The van der Waals surface area contributed by atoms with E-state index in [9.17, 15) is 14.4 Å². The van der Waals surface area contributed by atoms with Gasteiger partial charge < -0.3 is 14.2 Å². The minimum atomic E-state index is -1.97. The molecule has 0 N–H and O–H groups in total. The zero-order valence-electron chi connectivity index (χ0n) is 30.4. The number of unbranched alkanes of at least 4 members (excludes halogenated alkanes) is 24. The molecule has 0 atom stereocenters. The van der Waals surface area contributed by atoms with Gasteiger partial charge in [-0.15, -0.1) is 0 Å². The number of hydrogen-bond donors (Lipinski definition) is 0. The molecule has 0 rings (SSSR count). The van der Waals surface area contributed by atoms with E-state index in [2.05, 4.69) is 20.8 Å². The second-order valence-corrected chi connectivity index (χ2v) is 13.2. The molecule has 0 saturated heterocycles. The Bertz CT molecular complexity index is 603. The number of carbonyl (C=O) groups excluding carboxylic acids is 3. The van der Waals surface area contributed by atoms with Crippen molar-refractivity contribution in [3.05, 3.63) is 0 Å². The molecule has 6 heteroatoms. The first-order valence-electron chi connectivity index (χ1n) is 19.6. The van der Waals surface area contributed by atoms with E-state index in [0.29, 0.717) is 19.3 Å². The second kappa shape index (κ2) is 32.4. The van der Waals surface area contributed by atoms with Crippen LogP contribution < -0.4 is 0 Å². The van der Waals surface area contributed by atoms with Crippen LogP contribution in [0.4, 0.5) is 0 Å². The molecule has 0 fully saturated rings. The predicted molar refractivity (Wildman–Crippen MR) is 187 cm³/mol. The van der Waals surface area contributed by atoms with Crippen molar-refractivity contribution in [3.63, 3.8) is 0 Å². The number of rotatable bonds is 34. The van der Waals surface area contributed by atoms with Crippen LogP contribution in [0.25, 0.3) is 0 Å². The third kappa shape index (κ3) is 28.4. The van der Waals surface area contributed by atoms with Gasteiger partial charge in [0.1, 0.15) is 0 Å². The molecule has 266 valence electrons. The summed E-state index contributed by atoms with van der Waals surface area (Å²) in [4.78, 5) is 38.5. The molecule has 0 aliphatic heterocycles. The summed E-state index contributed by atoms with van der Waals surface area (Å²) in [6.45, 7) is 8.40. The number of ether oxygens (including phenoxy) is 3. The van der Waals surface area contributed by atoms with Crippen molar-refractivity contribution >= 4 is 17.9 Å². The fraction of sp³-hybridized carbons (Fsp3) is 0.923. The summed E-state index contributed by atoms with van der Waals surface area (Å²) in [6.07, 6.45) is 31.8. The first kappa shape index (κ1) is 43.4. The van der Waals surface area contributed by atoms with Crippen molar-refractivity contribution in [2.24, 2.45) is 0 Å². The van der Waals surface area contributed by atoms with Gasteiger partial charge in [-0.1, -0.05) is 182 Å². The van der Waals surface area contributed by atoms with Gasteiger partial charge in [-0.25, -0.2) is 0 Å². The minimum absolute atomic E-state index is 0.0729. The maximum Gasteiger partial charge on any atom is 0.423 e. The SMILES string of the molecule is CCCCCCCCCCCC(=O)OC(CC)(OC(=O)CCCCCCCCCCC)OC(=O)CCCCCCCCCCC. The Labute approximate surface area is 278 Å². The topological polar surface area (TPSA) is 78.9 Å². The van der Waals surface area contributed by atoms with Crippen molar-refractivity contribution in [2.45, 2.75) is 233 Å². The normalized spacial score (nSPS) is 11.5. The van der Waals surface area contributed by atoms with Gasteiger partial charge in [0.15, 0.2) is 0 Å². The summed E-state index contributed by atoms with van der Waals surface area (Å²) in [5.41, 5.74) is 0. The second-order valence-electron chi connectivity index (χ2n) is 13.2. The molecule has 45 heavy (non-hydrogen) atoms. The molecule has 0 bridgehead atoms. The summed E-state index contributed by atoms with van der Waals surface area (Å²) in [5.74, 6) is -3.41. The van der Waals surface area contributed by atoms with Gasteiger partial charge in [0.25, 0.3) is 0 Å². The largest absolute Gasteiger partial charge is 0.423 e. The highest BCUT2D eigenvalue weighted by atomic mass is 16.9. The van der Waals surface area contributed by atoms with Crippen LogP contribution >= 0.6 is 0 Å². The van der Waals surface area contributed by atoms with Crippen LogP contribution in [0.3, 0.4) is 0 Å². The summed E-state index contributed by atoms with van der Waals surface area (Å²) in [7, 11) is 0. The van der Waals surface area contributed by atoms with Crippen LogP contribution in [0, 0.1) is 0 Å². The molecule has 0 aliphatic rings. The molecular formula is C39H74O6. The molecule has 0 spiro atoms. The maximum atomic E-state index is 12.8. The summed E-state index contributed by atoms with van der Waals surface area (Å²) < 4.78 is 17.0. The van der Waals surface area contributed by atoms with Gasteiger partial charge in [0, 0.05) is 19.3 Å². The Morgan fingerprint density at radius 3 is 0.733 bits per heavy atom. The number of esters is 3. The lowest BCUT2D eigenvalue weighted by Crippen LogP contribution is -2.44. The van der Waals surface area contributed by atoms with Crippen LogP contribution in [0.1, 0.15) is 227 Å². The van der Waals surface area contributed by atoms with E-state index < -0.39 is 23.9 Å². The van der Waals surface area contributed by atoms with E-state index in [-0.39, 0.29) is 25.7 Å².